The molecule has 0 saturated carbocycles. The van der Waals surface area contributed by atoms with Crippen LogP contribution >= 0.6 is 11.3 Å². The first-order chi connectivity index (χ1) is 15.6. The summed E-state index contributed by atoms with van der Waals surface area (Å²) in [4.78, 5) is 18.8. The predicted octanol–water partition coefficient (Wildman–Crippen LogP) is 4.58. The zero-order chi connectivity index (χ0) is 22.5. The lowest BCUT2D eigenvalue weighted by atomic mass is 10.0. The van der Waals surface area contributed by atoms with Crippen LogP contribution in [0.15, 0.2) is 66.0 Å². The summed E-state index contributed by atoms with van der Waals surface area (Å²) < 4.78 is 18.8. The van der Waals surface area contributed by atoms with Gasteiger partial charge in [0.15, 0.2) is 0 Å². The van der Waals surface area contributed by atoms with Crippen molar-refractivity contribution >= 4 is 22.9 Å². The van der Waals surface area contributed by atoms with Crippen molar-refractivity contribution < 1.29 is 13.9 Å². The summed E-state index contributed by atoms with van der Waals surface area (Å²) in [5.41, 5.74) is 1.57. The van der Waals surface area contributed by atoms with Gasteiger partial charge in [0.25, 0.3) is 5.91 Å². The summed E-state index contributed by atoms with van der Waals surface area (Å²) in [6.45, 7) is 5.54. The van der Waals surface area contributed by atoms with Gasteiger partial charge in [-0.15, -0.1) is 11.3 Å². The minimum Gasteiger partial charge on any atom is -0.495 e. The Bertz CT molecular complexity index is 1020. The lowest BCUT2D eigenvalue weighted by Crippen LogP contribution is -2.52. The zero-order valence-electron chi connectivity index (χ0n) is 18.3. The highest BCUT2D eigenvalue weighted by Crippen LogP contribution is 2.32. The molecule has 1 saturated heterocycles. The Kier molecular flexibility index (Phi) is 7.07. The van der Waals surface area contributed by atoms with Gasteiger partial charge in [-0.25, -0.2) is 4.39 Å². The number of carbonyl (C=O) groups is 1. The second-order valence-electron chi connectivity index (χ2n) is 7.92. The van der Waals surface area contributed by atoms with E-state index in [9.17, 15) is 9.18 Å². The number of hydrogen-bond acceptors (Lipinski definition) is 5. The summed E-state index contributed by atoms with van der Waals surface area (Å²) in [6.07, 6.45) is 0. The molecule has 1 aliphatic heterocycles. The van der Waals surface area contributed by atoms with Crippen molar-refractivity contribution in [3.05, 3.63) is 82.3 Å². The first-order valence-electron chi connectivity index (χ1n) is 10.8. The van der Waals surface area contributed by atoms with Crippen molar-refractivity contribution in [3.8, 4) is 5.75 Å². The number of amides is 1. The number of nitrogens with zero attached hydrogens (tertiary/aromatic N) is 2. The van der Waals surface area contributed by atoms with Crippen molar-refractivity contribution in [3.63, 3.8) is 0 Å². The molecular formula is C25H28FN3O2S. The average molecular weight is 454 g/mol. The Morgan fingerprint density at radius 3 is 2.41 bits per heavy atom. The van der Waals surface area contributed by atoms with Crippen LogP contribution in [0.25, 0.3) is 0 Å². The number of methoxy groups -OCH3 is 1. The standard InChI is InChI=1S/C25H28FN3O2S/c1-18(27-25(30)19-9-11-20(26)12-10-19)24(23-8-5-17-32-23)29-15-13-28(14-16-29)21-6-3-4-7-22(21)31-2/h3-12,17-18,24H,13-16H2,1-2H3,(H,27,30)/t18-,24-/m0/s1. The summed E-state index contributed by atoms with van der Waals surface area (Å²) in [7, 11) is 1.70. The number of halogens is 1. The summed E-state index contributed by atoms with van der Waals surface area (Å²) in [6, 6.07) is 17.9. The van der Waals surface area contributed by atoms with Gasteiger partial charge in [-0.3, -0.25) is 9.69 Å². The summed E-state index contributed by atoms with van der Waals surface area (Å²) in [5, 5.41) is 5.20. The maximum Gasteiger partial charge on any atom is 0.251 e. The number of thiophene rings is 1. The first-order valence-corrected chi connectivity index (χ1v) is 11.7. The highest BCUT2D eigenvalue weighted by molar-refractivity contribution is 7.10. The highest BCUT2D eigenvalue weighted by atomic mass is 32.1. The van der Waals surface area contributed by atoms with Gasteiger partial charge in [-0.1, -0.05) is 18.2 Å². The van der Waals surface area contributed by atoms with E-state index in [1.165, 1.54) is 29.1 Å². The van der Waals surface area contributed by atoms with Crippen molar-refractivity contribution in [2.24, 2.45) is 0 Å². The number of benzene rings is 2. The van der Waals surface area contributed by atoms with Crippen molar-refractivity contribution in [1.29, 1.82) is 0 Å². The molecule has 0 spiro atoms. The number of ether oxygens (including phenoxy) is 1. The van der Waals surface area contributed by atoms with Crippen LogP contribution in [0.4, 0.5) is 10.1 Å². The number of hydrogen-bond donors (Lipinski definition) is 1. The third-order valence-corrected chi connectivity index (χ3v) is 6.85. The number of piperazine rings is 1. The third kappa shape index (κ3) is 4.95. The second-order valence-corrected chi connectivity index (χ2v) is 8.90. The largest absolute Gasteiger partial charge is 0.495 e. The van der Waals surface area contributed by atoms with E-state index in [1.54, 1.807) is 18.4 Å². The second kappa shape index (κ2) is 10.1. The van der Waals surface area contributed by atoms with E-state index in [0.29, 0.717) is 5.56 Å². The molecule has 1 aliphatic rings. The van der Waals surface area contributed by atoms with Crippen LogP contribution in [0.1, 0.15) is 28.2 Å². The number of para-hydroxylation sites is 2. The fraction of sp³-hybridized carbons (Fsp3) is 0.320. The minimum atomic E-state index is -0.348. The molecule has 0 bridgehead atoms. The Hall–Kier alpha value is -2.90. The molecule has 2 heterocycles. The van der Waals surface area contributed by atoms with Gasteiger partial charge < -0.3 is 15.0 Å². The maximum absolute atomic E-state index is 13.2. The fourth-order valence-electron chi connectivity index (χ4n) is 4.30. The van der Waals surface area contributed by atoms with Gasteiger partial charge in [-0.2, -0.15) is 0 Å². The molecule has 0 unspecified atom stereocenters. The van der Waals surface area contributed by atoms with Gasteiger partial charge in [0.1, 0.15) is 11.6 Å². The van der Waals surface area contributed by atoms with E-state index in [2.05, 4.69) is 32.6 Å². The zero-order valence-corrected chi connectivity index (χ0v) is 19.1. The van der Waals surface area contributed by atoms with Gasteiger partial charge in [0.05, 0.1) is 18.8 Å². The maximum atomic E-state index is 13.2. The van der Waals surface area contributed by atoms with Crippen molar-refractivity contribution in [2.45, 2.75) is 19.0 Å². The molecule has 1 aromatic heterocycles. The van der Waals surface area contributed by atoms with E-state index < -0.39 is 0 Å². The molecule has 1 fully saturated rings. The predicted molar refractivity (Wildman–Crippen MR) is 127 cm³/mol. The number of anilines is 1. The van der Waals surface area contributed by atoms with Gasteiger partial charge in [-0.05, 0) is 54.8 Å². The van der Waals surface area contributed by atoms with Gasteiger partial charge >= 0.3 is 0 Å². The van der Waals surface area contributed by atoms with E-state index in [0.717, 1.165) is 37.6 Å². The minimum absolute atomic E-state index is 0.0687. The van der Waals surface area contributed by atoms with Crippen molar-refractivity contribution in [2.75, 3.05) is 38.2 Å². The van der Waals surface area contributed by atoms with Crippen LogP contribution in [0.2, 0.25) is 0 Å². The Labute approximate surface area is 192 Å². The van der Waals surface area contributed by atoms with E-state index in [-0.39, 0.29) is 23.8 Å². The Morgan fingerprint density at radius 1 is 1.03 bits per heavy atom. The third-order valence-electron chi connectivity index (χ3n) is 5.91. The normalized spacial score (nSPS) is 16.4. The molecule has 7 heteroatoms. The number of carbonyl (C=O) groups excluding carboxylic acids is 1. The Balaban J connectivity index is 1.47. The van der Waals surface area contributed by atoms with Crippen LogP contribution in [0.3, 0.4) is 0 Å². The van der Waals surface area contributed by atoms with Crippen LogP contribution < -0.4 is 15.0 Å². The van der Waals surface area contributed by atoms with Crippen molar-refractivity contribution in [1.82, 2.24) is 10.2 Å². The topological polar surface area (TPSA) is 44.8 Å². The van der Waals surface area contributed by atoms with Crippen LogP contribution in [-0.4, -0.2) is 50.1 Å². The number of nitrogens with one attached hydrogen (secondary N) is 1. The highest BCUT2D eigenvalue weighted by Gasteiger charge is 2.31. The summed E-state index contributed by atoms with van der Waals surface area (Å²) >= 11 is 1.70. The molecule has 168 valence electrons. The molecule has 4 rings (SSSR count). The molecular weight excluding hydrogens is 425 g/mol. The molecule has 3 aromatic rings. The molecule has 5 nitrogen and oxygen atoms in total. The molecule has 1 N–H and O–H groups in total. The molecule has 2 aromatic carbocycles. The quantitative estimate of drug-likeness (QED) is 0.569. The number of rotatable bonds is 7. The lowest BCUT2D eigenvalue weighted by Gasteiger charge is -2.42. The SMILES string of the molecule is COc1ccccc1N1CCN([C@H](c2cccs2)[C@H](C)NC(=O)c2ccc(F)cc2)CC1. The van der Waals surface area contributed by atoms with E-state index in [4.69, 9.17) is 4.74 Å². The molecule has 0 aliphatic carbocycles. The fourth-order valence-corrected chi connectivity index (χ4v) is 5.27. The van der Waals surface area contributed by atoms with Gasteiger partial charge in [0, 0.05) is 42.7 Å². The smallest absolute Gasteiger partial charge is 0.251 e. The van der Waals surface area contributed by atoms with Crippen LogP contribution in [0, 0.1) is 5.82 Å². The first kappa shape index (κ1) is 22.3. The van der Waals surface area contributed by atoms with Crippen LogP contribution in [0.5, 0.6) is 5.75 Å². The Morgan fingerprint density at radius 2 is 1.75 bits per heavy atom. The molecule has 2 atom stereocenters. The van der Waals surface area contributed by atoms with Gasteiger partial charge in [0.2, 0.25) is 0 Å². The monoisotopic (exact) mass is 453 g/mol. The van der Waals surface area contributed by atoms with E-state index >= 15 is 0 Å². The molecule has 0 radical (unpaired) electrons. The summed E-state index contributed by atoms with van der Waals surface area (Å²) in [5.74, 6) is 0.348. The van der Waals surface area contributed by atoms with Crippen LogP contribution in [-0.2, 0) is 0 Å². The molecule has 1 amide bonds. The average Bonchev–Trinajstić information content (AvgIpc) is 3.34. The van der Waals surface area contributed by atoms with E-state index in [1.807, 2.05) is 31.2 Å². The lowest BCUT2D eigenvalue weighted by molar-refractivity contribution is 0.0890. The molecule has 32 heavy (non-hydrogen) atoms.